The highest BCUT2D eigenvalue weighted by Crippen LogP contribution is 2.50. The van der Waals surface area contributed by atoms with E-state index in [1.165, 1.54) is 0 Å². The van der Waals surface area contributed by atoms with E-state index in [2.05, 4.69) is 0 Å². The Kier molecular flexibility index (Phi) is 2.81. The first-order valence-corrected chi connectivity index (χ1v) is 3.03. The van der Waals surface area contributed by atoms with Crippen LogP contribution in [-0.4, -0.2) is 12.5 Å². The summed E-state index contributed by atoms with van der Waals surface area (Å²) in [6.07, 6.45) is -0.736. The lowest BCUT2D eigenvalue weighted by Crippen LogP contribution is -2.49. The van der Waals surface area contributed by atoms with Gasteiger partial charge in [0.2, 0.25) is 0 Å². The van der Waals surface area contributed by atoms with Crippen LogP contribution in [0.1, 0.15) is 12.8 Å². The molecule has 2 nitrogen and oxygen atoms in total. The summed E-state index contributed by atoms with van der Waals surface area (Å²) < 4.78 is 24.4. The third kappa shape index (κ3) is 1.79. The summed E-state index contributed by atoms with van der Waals surface area (Å²) in [5.41, 5.74) is 4.22. The van der Waals surface area contributed by atoms with Gasteiger partial charge in [-0.05, 0) is 0 Å². The van der Waals surface area contributed by atoms with Crippen LogP contribution in [0.3, 0.4) is 0 Å². The van der Waals surface area contributed by atoms with Crippen molar-refractivity contribution in [2.45, 2.75) is 18.8 Å². The number of alkyl halides is 2. The smallest absolute Gasteiger partial charge is 0.251 e. The summed E-state index contributed by atoms with van der Waals surface area (Å²) in [5, 5.41) is 8.41. The van der Waals surface area contributed by atoms with Gasteiger partial charge in [0, 0.05) is 19.4 Å². The summed E-state index contributed by atoms with van der Waals surface area (Å²) >= 11 is 0. The second-order valence-electron chi connectivity index (χ2n) is 2.81. The first kappa shape index (κ1) is 10.6. The van der Waals surface area contributed by atoms with Crippen LogP contribution in [0.4, 0.5) is 8.78 Å². The standard InChI is InChI=1S/C6H8F2N2.ClH/c7-6(8)1-5(2-6,3-9)4-10;/h1-3,9H2;1H. The molecule has 0 amide bonds. The maximum Gasteiger partial charge on any atom is 0.251 e. The van der Waals surface area contributed by atoms with E-state index in [4.69, 9.17) is 11.0 Å². The molecule has 0 bridgehead atoms. The summed E-state index contributed by atoms with van der Waals surface area (Å²) in [5.74, 6) is -2.64. The van der Waals surface area contributed by atoms with Gasteiger partial charge < -0.3 is 5.73 Å². The molecule has 0 aromatic rings. The highest BCUT2D eigenvalue weighted by atomic mass is 35.5. The molecule has 1 saturated carbocycles. The SMILES string of the molecule is Cl.N#CC1(CN)CC(F)(F)C1. The lowest BCUT2D eigenvalue weighted by Gasteiger charge is -2.41. The molecule has 0 aromatic carbocycles. The van der Waals surface area contributed by atoms with Crippen molar-refractivity contribution in [3.8, 4) is 6.07 Å². The van der Waals surface area contributed by atoms with Gasteiger partial charge in [-0.2, -0.15) is 5.26 Å². The molecule has 0 saturated heterocycles. The van der Waals surface area contributed by atoms with Crippen molar-refractivity contribution in [2.75, 3.05) is 6.54 Å². The second-order valence-corrected chi connectivity index (χ2v) is 2.81. The van der Waals surface area contributed by atoms with E-state index in [1.807, 2.05) is 6.07 Å². The Morgan fingerprint density at radius 1 is 1.45 bits per heavy atom. The molecule has 0 aromatic heterocycles. The number of hydrogen-bond acceptors (Lipinski definition) is 2. The molecule has 11 heavy (non-hydrogen) atoms. The van der Waals surface area contributed by atoms with Crippen LogP contribution in [0.25, 0.3) is 0 Å². The van der Waals surface area contributed by atoms with Gasteiger partial charge in [-0.3, -0.25) is 0 Å². The summed E-state index contributed by atoms with van der Waals surface area (Å²) in [6.45, 7) is 0.0408. The van der Waals surface area contributed by atoms with Gasteiger partial charge in [0.1, 0.15) is 0 Å². The zero-order chi connectivity index (χ0) is 7.83. The molecule has 1 rings (SSSR count). The van der Waals surface area contributed by atoms with Crippen LogP contribution < -0.4 is 5.73 Å². The maximum absolute atomic E-state index is 12.2. The van der Waals surface area contributed by atoms with E-state index in [9.17, 15) is 8.78 Å². The van der Waals surface area contributed by atoms with Gasteiger partial charge >= 0.3 is 0 Å². The van der Waals surface area contributed by atoms with E-state index in [0.717, 1.165) is 0 Å². The lowest BCUT2D eigenvalue weighted by molar-refractivity contribution is -0.134. The zero-order valence-corrected chi connectivity index (χ0v) is 6.63. The Bertz CT molecular complexity index is 180. The zero-order valence-electron chi connectivity index (χ0n) is 5.81. The van der Waals surface area contributed by atoms with E-state index < -0.39 is 11.3 Å². The van der Waals surface area contributed by atoms with Crippen LogP contribution >= 0.6 is 12.4 Å². The fourth-order valence-corrected chi connectivity index (χ4v) is 1.21. The normalized spacial score (nSPS) is 24.2. The Morgan fingerprint density at radius 2 is 1.91 bits per heavy atom. The van der Waals surface area contributed by atoms with Gasteiger partial charge in [0.25, 0.3) is 5.92 Å². The molecule has 2 N–H and O–H groups in total. The van der Waals surface area contributed by atoms with Crippen LogP contribution in [0.2, 0.25) is 0 Å². The van der Waals surface area contributed by atoms with Crippen molar-refractivity contribution in [1.82, 2.24) is 0 Å². The van der Waals surface area contributed by atoms with Gasteiger partial charge in [-0.15, -0.1) is 12.4 Å². The lowest BCUT2D eigenvalue weighted by atomic mass is 9.67. The van der Waals surface area contributed by atoms with Crippen molar-refractivity contribution in [2.24, 2.45) is 11.1 Å². The van der Waals surface area contributed by atoms with Gasteiger partial charge in [-0.1, -0.05) is 0 Å². The molecule has 1 fully saturated rings. The third-order valence-corrected chi connectivity index (χ3v) is 1.82. The molecule has 0 radical (unpaired) electrons. The number of hydrogen-bond donors (Lipinski definition) is 1. The number of halogens is 3. The van der Waals surface area contributed by atoms with Crippen LogP contribution in [-0.2, 0) is 0 Å². The fourth-order valence-electron chi connectivity index (χ4n) is 1.21. The summed E-state index contributed by atoms with van der Waals surface area (Å²) in [6, 6.07) is 1.82. The largest absolute Gasteiger partial charge is 0.329 e. The monoisotopic (exact) mass is 182 g/mol. The Balaban J connectivity index is 0.000001000. The summed E-state index contributed by atoms with van der Waals surface area (Å²) in [4.78, 5) is 0. The van der Waals surface area contributed by atoms with Crippen LogP contribution in [0.5, 0.6) is 0 Å². The fraction of sp³-hybridized carbons (Fsp3) is 0.833. The molecule has 1 aliphatic carbocycles. The molecule has 1 aliphatic rings. The average molecular weight is 183 g/mol. The Morgan fingerprint density at radius 3 is 2.00 bits per heavy atom. The molecule has 0 atom stereocenters. The Hall–Kier alpha value is -0.400. The highest BCUT2D eigenvalue weighted by Gasteiger charge is 2.56. The minimum atomic E-state index is -2.64. The molecular weight excluding hydrogens is 174 g/mol. The molecule has 0 spiro atoms. The van der Waals surface area contributed by atoms with Gasteiger partial charge in [0.05, 0.1) is 11.5 Å². The topological polar surface area (TPSA) is 49.8 Å². The molecule has 5 heteroatoms. The number of nitriles is 1. The van der Waals surface area contributed by atoms with Gasteiger partial charge in [-0.25, -0.2) is 8.78 Å². The molecule has 0 heterocycles. The highest BCUT2D eigenvalue weighted by molar-refractivity contribution is 5.85. The first-order chi connectivity index (χ1) is 4.54. The maximum atomic E-state index is 12.2. The van der Waals surface area contributed by atoms with E-state index in [-0.39, 0.29) is 31.8 Å². The van der Waals surface area contributed by atoms with Crippen molar-refractivity contribution in [3.05, 3.63) is 0 Å². The van der Waals surface area contributed by atoms with Gasteiger partial charge in [0.15, 0.2) is 0 Å². The quantitative estimate of drug-likeness (QED) is 0.665. The predicted molar refractivity (Wildman–Crippen MR) is 38.5 cm³/mol. The third-order valence-electron chi connectivity index (χ3n) is 1.82. The molecular formula is C6H9ClF2N2. The molecule has 64 valence electrons. The second kappa shape index (κ2) is 2.92. The van der Waals surface area contributed by atoms with Crippen molar-refractivity contribution < 1.29 is 8.78 Å². The molecule has 0 unspecified atom stereocenters. The number of rotatable bonds is 1. The van der Waals surface area contributed by atoms with E-state index in [0.29, 0.717) is 0 Å². The van der Waals surface area contributed by atoms with Crippen molar-refractivity contribution in [3.63, 3.8) is 0 Å². The number of nitrogens with zero attached hydrogens (tertiary/aromatic N) is 1. The number of nitrogens with two attached hydrogens (primary N) is 1. The van der Waals surface area contributed by atoms with E-state index >= 15 is 0 Å². The first-order valence-electron chi connectivity index (χ1n) is 3.03. The van der Waals surface area contributed by atoms with Crippen LogP contribution in [0.15, 0.2) is 0 Å². The Labute approximate surface area is 69.8 Å². The average Bonchev–Trinajstić information content (AvgIpc) is 1.82. The minimum Gasteiger partial charge on any atom is -0.329 e. The minimum absolute atomic E-state index is 0. The van der Waals surface area contributed by atoms with Crippen LogP contribution in [0, 0.1) is 16.7 Å². The molecule has 0 aliphatic heterocycles. The summed E-state index contributed by atoms with van der Waals surface area (Å²) in [7, 11) is 0. The van der Waals surface area contributed by atoms with Crippen molar-refractivity contribution >= 4 is 12.4 Å². The predicted octanol–water partition coefficient (Wildman–Crippen LogP) is 1.31. The van der Waals surface area contributed by atoms with Crippen molar-refractivity contribution in [1.29, 1.82) is 5.26 Å². The van der Waals surface area contributed by atoms with E-state index in [1.54, 1.807) is 0 Å².